The van der Waals surface area contributed by atoms with Crippen molar-refractivity contribution in [1.29, 1.82) is 0 Å². The van der Waals surface area contributed by atoms with Crippen LogP contribution in [0, 0.1) is 6.92 Å². The van der Waals surface area contributed by atoms with Crippen molar-refractivity contribution in [3.8, 4) is 11.5 Å². The zero-order valence-corrected chi connectivity index (χ0v) is 19.5. The van der Waals surface area contributed by atoms with Crippen LogP contribution >= 0.6 is 0 Å². The number of carbonyl (C=O) groups excluding carboxylic acids is 2. The fourth-order valence-corrected chi connectivity index (χ4v) is 3.67. The summed E-state index contributed by atoms with van der Waals surface area (Å²) in [6.45, 7) is 4.03. The Balaban J connectivity index is 1.88. The number of anilines is 2. The van der Waals surface area contributed by atoms with Gasteiger partial charge in [-0.25, -0.2) is 13.2 Å². The second-order valence-electron chi connectivity index (χ2n) is 7.22. The lowest BCUT2D eigenvalue weighted by Gasteiger charge is -2.19. The number of aryl methyl sites for hydroxylation is 1. The van der Waals surface area contributed by atoms with Crippen LogP contribution < -0.4 is 14.4 Å². The first-order valence-electron chi connectivity index (χ1n) is 10.4. The number of thiol groups is 1. The Morgan fingerprint density at radius 2 is 1.76 bits per heavy atom. The zero-order chi connectivity index (χ0) is 24.7. The third-order valence-corrected chi connectivity index (χ3v) is 5.49. The number of allylic oxidation sites excluding steroid dienone is 1. The van der Waals surface area contributed by atoms with Gasteiger partial charge in [0, 0.05) is 11.3 Å². The maximum Gasteiger partial charge on any atom is 0.340 e. The Morgan fingerprint density at radius 1 is 1.06 bits per heavy atom. The predicted octanol–water partition coefficient (Wildman–Crippen LogP) is 4.56. The highest BCUT2D eigenvalue weighted by Gasteiger charge is 2.23. The minimum Gasteiger partial charge on any atom is -0.504 e. The molecule has 0 fully saturated rings. The van der Waals surface area contributed by atoms with Gasteiger partial charge in [0.25, 0.3) is 0 Å². The number of nitrogens with zero attached hydrogens (tertiary/aromatic N) is 1. The van der Waals surface area contributed by atoms with Crippen LogP contribution in [0.15, 0.2) is 72.8 Å². The average Bonchev–Trinajstić information content (AvgIpc) is 2.81. The first-order valence-corrected chi connectivity index (χ1v) is 11.5. The Kier molecular flexibility index (Phi) is 8.05. The fraction of sp³-hybridized carbons (Fsp3) is 0.120. The Morgan fingerprint density at radius 3 is 2.44 bits per heavy atom. The van der Waals surface area contributed by atoms with Crippen molar-refractivity contribution in [3.63, 3.8) is 0 Å². The van der Waals surface area contributed by atoms with Crippen LogP contribution in [0.4, 0.5) is 16.2 Å². The van der Waals surface area contributed by atoms with E-state index >= 15 is 0 Å². The molecule has 0 heterocycles. The summed E-state index contributed by atoms with van der Waals surface area (Å²) in [6, 6.07) is 16.5. The molecule has 2 amide bonds. The van der Waals surface area contributed by atoms with Crippen molar-refractivity contribution in [2.75, 3.05) is 16.2 Å². The highest BCUT2D eigenvalue weighted by molar-refractivity contribution is 7.75. The molecule has 0 saturated carbocycles. The number of hydrogen-bond donors (Lipinski definition) is 3. The van der Waals surface area contributed by atoms with Gasteiger partial charge >= 0.3 is 6.03 Å². The maximum absolute atomic E-state index is 12.9. The summed E-state index contributed by atoms with van der Waals surface area (Å²) in [5.74, 6) is -0.253. The van der Waals surface area contributed by atoms with Gasteiger partial charge < -0.3 is 15.2 Å². The molecule has 0 atom stereocenters. The molecule has 2 N–H and O–H groups in total. The third-order valence-electron chi connectivity index (χ3n) is 4.77. The lowest BCUT2D eigenvalue weighted by Crippen LogP contribution is -2.34. The molecule has 0 aromatic heterocycles. The van der Waals surface area contributed by atoms with E-state index in [2.05, 4.69) is 5.32 Å². The summed E-state index contributed by atoms with van der Waals surface area (Å²) in [5, 5.41) is 12.4. The number of ether oxygens (including phenoxy) is 1. The van der Waals surface area contributed by atoms with E-state index in [0.717, 1.165) is 5.56 Å². The molecule has 0 aliphatic rings. The van der Waals surface area contributed by atoms with Crippen molar-refractivity contribution in [2.45, 2.75) is 13.8 Å². The van der Waals surface area contributed by atoms with Crippen molar-refractivity contribution >= 4 is 40.2 Å². The normalized spacial score (nSPS) is 10.9. The van der Waals surface area contributed by atoms with E-state index in [4.69, 9.17) is 4.74 Å². The molecule has 3 aromatic rings. The van der Waals surface area contributed by atoms with Crippen LogP contribution in [0.1, 0.15) is 28.4 Å². The molecule has 34 heavy (non-hydrogen) atoms. The highest BCUT2D eigenvalue weighted by atomic mass is 32.2. The number of benzene rings is 3. The molecule has 9 heteroatoms. The number of hydrogen-bond acceptors (Lipinski definition) is 6. The minimum absolute atomic E-state index is 0.0230. The smallest absolute Gasteiger partial charge is 0.340 e. The summed E-state index contributed by atoms with van der Waals surface area (Å²) >= 11 is 0. The predicted molar refractivity (Wildman–Crippen MR) is 132 cm³/mol. The van der Waals surface area contributed by atoms with E-state index in [1.807, 2.05) is 6.92 Å². The van der Waals surface area contributed by atoms with Crippen LogP contribution in [0.2, 0.25) is 0 Å². The van der Waals surface area contributed by atoms with Gasteiger partial charge in [0.2, 0.25) is 10.9 Å². The number of para-hydroxylation sites is 1. The Bertz CT molecular complexity index is 1290. The monoisotopic (exact) mass is 480 g/mol. The lowest BCUT2D eigenvalue weighted by molar-refractivity contribution is 0.104. The lowest BCUT2D eigenvalue weighted by atomic mass is 10.1. The number of phenolic OH excluding ortho intramolecular Hbond substituents is 1. The Hall–Kier alpha value is -4.11. The second-order valence-corrected chi connectivity index (χ2v) is 8.10. The molecule has 0 aliphatic heterocycles. The van der Waals surface area contributed by atoms with E-state index in [1.54, 1.807) is 49.4 Å². The maximum atomic E-state index is 12.9. The second kappa shape index (κ2) is 11.2. The van der Waals surface area contributed by atoms with E-state index in [0.29, 0.717) is 22.2 Å². The van der Waals surface area contributed by atoms with Gasteiger partial charge in [-0.15, -0.1) is 0 Å². The topological polar surface area (TPSA) is 113 Å². The minimum atomic E-state index is -3.39. The Labute approximate surface area is 199 Å². The SMILES string of the molecule is CCOc1cc(/C=C/C(=O)c2ccccc2N(C(=O)Nc2ccc(C)cc2)[SH](=O)=O)ccc1O. The number of urea groups is 1. The van der Waals surface area contributed by atoms with Gasteiger partial charge in [0.05, 0.1) is 12.3 Å². The first-order chi connectivity index (χ1) is 16.3. The molecule has 0 saturated heterocycles. The van der Waals surface area contributed by atoms with Gasteiger partial charge in [-0.05, 0) is 61.9 Å². The summed E-state index contributed by atoms with van der Waals surface area (Å²) < 4.78 is 29.9. The quantitative estimate of drug-likeness (QED) is 0.247. The molecule has 0 radical (unpaired) electrons. The van der Waals surface area contributed by atoms with E-state index in [1.165, 1.54) is 36.4 Å². The third kappa shape index (κ3) is 6.02. The molecule has 0 spiro atoms. The van der Waals surface area contributed by atoms with Crippen molar-refractivity contribution in [2.24, 2.45) is 0 Å². The van der Waals surface area contributed by atoms with E-state index in [-0.39, 0.29) is 22.7 Å². The van der Waals surface area contributed by atoms with E-state index in [9.17, 15) is 23.1 Å². The summed E-state index contributed by atoms with van der Waals surface area (Å²) in [4.78, 5) is 25.7. The fourth-order valence-electron chi connectivity index (χ4n) is 3.12. The number of rotatable bonds is 8. The van der Waals surface area contributed by atoms with Gasteiger partial charge in [0.15, 0.2) is 17.3 Å². The van der Waals surface area contributed by atoms with Crippen molar-refractivity contribution in [1.82, 2.24) is 0 Å². The molecule has 3 rings (SSSR count). The first kappa shape index (κ1) is 24.5. The number of carbonyl (C=O) groups is 2. The van der Waals surface area contributed by atoms with Crippen LogP contribution in [-0.4, -0.2) is 31.9 Å². The van der Waals surface area contributed by atoms with Crippen molar-refractivity contribution in [3.05, 3.63) is 89.5 Å². The average molecular weight is 481 g/mol. The molecule has 0 aliphatic carbocycles. The number of ketones is 1. The summed E-state index contributed by atoms with van der Waals surface area (Å²) in [7, 11) is -3.39. The van der Waals surface area contributed by atoms with Gasteiger partial charge in [-0.3, -0.25) is 4.79 Å². The molecule has 3 aromatic carbocycles. The zero-order valence-electron chi connectivity index (χ0n) is 18.6. The van der Waals surface area contributed by atoms with E-state index < -0.39 is 22.7 Å². The molecule has 8 nitrogen and oxygen atoms in total. The summed E-state index contributed by atoms with van der Waals surface area (Å²) in [5.41, 5.74) is 1.95. The van der Waals surface area contributed by atoms with Crippen molar-refractivity contribution < 1.29 is 27.9 Å². The largest absolute Gasteiger partial charge is 0.504 e. The molecule has 0 unspecified atom stereocenters. The van der Waals surface area contributed by atoms with Gasteiger partial charge in [0.1, 0.15) is 0 Å². The number of aromatic hydroxyl groups is 1. The van der Waals surface area contributed by atoms with Crippen LogP contribution in [0.25, 0.3) is 6.08 Å². The highest BCUT2D eigenvalue weighted by Crippen LogP contribution is 2.28. The molecular formula is C25H24N2O6S. The van der Waals surface area contributed by atoms with Gasteiger partial charge in [-0.1, -0.05) is 42.0 Å². The number of nitrogens with one attached hydrogen (secondary N) is 1. The molecule has 176 valence electrons. The number of amides is 2. The summed E-state index contributed by atoms with van der Waals surface area (Å²) in [6.07, 6.45) is 2.77. The van der Waals surface area contributed by atoms with Gasteiger partial charge in [-0.2, -0.15) is 4.31 Å². The molecule has 0 bridgehead atoms. The number of phenols is 1. The standard InChI is InChI=1S/C25H24N2O6S/c1-3-33-24-16-18(11-15-23(24)29)10-14-22(28)20-6-4-5-7-21(20)27(34(31)32)25(30)26-19-12-8-17(2)9-13-19/h4-16,29,34H,3H2,1-2H3,(H,26,30)/b14-10+. The van der Waals surface area contributed by atoms with Crippen LogP contribution in [0.3, 0.4) is 0 Å². The molecular weight excluding hydrogens is 456 g/mol. The van der Waals surface area contributed by atoms with Crippen LogP contribution in [-0.2, 0) is 10.9 Å². The van der Waals surface area contributed by atoms with Crippen LogP contribution in [0.5, 0.6) is 11.5 Å².